The van der Waals surface area contributed by atoms with Crippen LogP contribution in [0.4, 0.5) is 5.69 Å². The summed E-state index contributed by atoms with van der Waals surface area (Å²) in [6.07, 6.45) is 4.23. The summed E-state index contributed by atoms with van der Waals surface area (Å²) in [5.41, 5.74) is 6.53. The Hall–Kier alpha value is -5.02. The largest absolute Gasteiger partial charge is 0.493 e. The third-order valence-corrected chi connectivity index (χ3v) is 7.79. The maximum atomic E-state index is 14.0. The number of nitrogens with zero attached hydrogens (tertiary/aromatic N) is 1. The molecule has 2 aliphatic rings. The molecule has 44 heavy (non-hydrogen) atoms. The molecule has 0 aliphatic carbocycles. The summed E-state index contributed by atoms with van der Waals surface area (Å²) in [7, 11) is 0. The van der Waals surface area contributed by atoms with Crippen LogP contribution in [0.25, 0.3) is 0 Å². The number of cyclic esters (lactones) is 1. The van der Waals surface area contributed by atoms with Crippen molar-refractivity contribution in [2.75, 3.05) is 11.5 Å². The zero-order valence-corrected chi connectivity index (χ0v) is 25.3. The van der Waals surface area contributed by atoms with Gasteiger partial charge in [-0.25, -0.2) is 4.79 Å². The molecule has 2 heterocycles. The number of rotatable bonds is 7. The molecule has 2 aliphatic heterocycles. The van der Waals surface area contributed by atoms with Crippen LogP contribution in [0.5, 0.6) is 11.5 Å². The van der Waals surface area contributed by atoms with Crippen molar-refractivity contribution in [1.82, 2.24) is 0 Å². The van der Waals surface area contributed by atoms with Gasteiger partial charge in [-0.15, -0.1) is 0 Å². The van der Waals surface area contributed by atoms with Gasteiger partial charge in [0.15, 0.2) is 0 Å². The average Bonchev–Trinajstić information content (AvgIpc) is 3.50. The van der Waals surface area contributed by atoms with E-state index in [1.165, 1.54) is 18.4 Å². The van der Waals surface area contributed by atoms with Crippen LogP contribution in [-0.4, -0.2) is 24.3 Å². The number of hydrogen-bond acceptors (Lipinski definition) is 5. The minimum atomic E-state index is -1.06. The highest BCUT2D eigenvalue weighted by Crippen LogP contribution is 2.35. The lowest BCUT2D eigenvalue weighted by Crippen LogP contribution is -2.39. The number of anilines is 1. The van der Waals surface area contributed by atoms with Gasteiger partial charge in [0.1, 0.15) is 17.1 Å². The normalized spacial score (nSPS) is 14.2. The van der Waals surface area contributed by atoms with Crippen molar-refractivity contribution < 1.29 is 23.8 Å². The van der Waals surface area contributed by atoms with E-state index in [-0.39, 0.29) is 11.5 Å². The first-order valence-electron chi connectivity index (χ1n) is 15.1. The van der Waals surface area contributed by atoms with E-state index in [0.717, 1.165) is 40.8 Å². The van der Waals surface area contributed by atoms with Crippen molar-refractivity contribution in [3.8, 4) is 23.3 Å². The number of unbranched alkanes of at least 4 members (excludes halogenated alkanes) is 1. The Morgan fingerprint density at radius 2 is 1.52 bits per heavy atom. The van der Waals surface area contributed by atoms with Gasteiger partial charge in [-0.3, -0.25) is 4.79 Å². The summed E-state index contributed by atoms with van der Waals surface area (Å²) in [5, 5.41) is 0. The number of carbonyl (C=O) groups excluding carboxylic acids is 2. The molecule has 0 aromatic heterocycles. The second-order valence-corrected chi connectivity index (χ2v) is 11.6. The van der Waals surface area contributed by atoms with Crippen LogP contribution in [0.1, 0.15) is 82.1 Å². The van der Waals surface area contributed by atoms with Crippen LogP contribution < -0.4 is 14.4 Å². The zero-order chi connectivity index (χ0) is 30.7. The Bertz CT molecular complexity index is 1760. The van der Waals surface area contributed by atoms with E-state index in [2.05, 4.69) is 43.0 Å². The SMILES string of the molecule is CCCCc1ccc(C#Cc2ccc(CN(C(=O)c3ccc4c(c3)CCO4)c3ccc4c(c3)C(=O)OC(C)(C)O4)cc2)cc1. The van der Waals surface area contributed by atoms with Gasteiger partial charge in [0.25, 0.3) is 5.91 Å². The summed E-state index contributed by atoms with van der Waals surface area (Å²) in [6, 6.07) is 27.0. The lowest BCUT2D eigenvalue weighted by molar-refractivity contribution is -0.127. The van der Waals surface area contributed by atoms with E-state index >= 15 is 0 Å². The van der Waals surface area contributed by atoms with Crippen molar-refractivity contribution >= 4 is 17.6 Å². The number of hydrogen-bond donors (Lipinski definition) is 0. The maximum absolute atomic E-state index is 14.0. The van der Waals surface area contributed by atoms with Crippen molar-refractivity contribution in [2.24, 2.45) is 0 Å². The molecule has 0 atom stereocenters. The number of esters is 1. The predicted octanol–water partition coefficient (Wildman–Crippen LogP) is 7.50. The van der Waals surface area contributed by atoms with Crippen molar-refractivity contribution in [1.29, 1.82) is 0 Å². The summed E-state index contributed by atoms with van der Waals surface area (Å²) < 4.78 is 16.9. The highest BCUT2D eigenvalue weighted by molar-refractivity contribution is 6.07. The molecule has 0 unspecified atom stereocenters. The summed E-state index contributed by atoms with van der Waals surface area (Å²) >= 11 is 0. The average molecular weight is 586 g/mol. The monoisotopic (exact) mass is 585 g/mol. The highest BCUT2D eigenvalue weighted by atomic mass is 16.7. The zero-order valence-electron chi connectivity index (χ0n) is 25.3. The molecule has 0 bridgehead atoms. The van der Waals surface area contributed by atoms with Gasteiger partial charge < -0.3 is 19.1 Å². The molecule has 1 amide bonds. The molecule has 6 nitrogen and oxygen atoms in total. The Balaban J connectivity index is 1.26. The van der Waals surface area contributed by atoms with Gasteiger partial charge in [0, 0.05) is 42.6 Å². The van der Waals surface area contributed by atoms with Crippen LogP contribution in [0.2, 0.25) is 0 Å². The molecular weight excluding hydrogens is 550 g/mol. The Morgan fingerprint density at radius 3 is 2.23 bits per heavy atom. The van der Waals surface area contributed by atoms with Crippen molar-refractivity contribution in [2.45, 2.75) is 58.8 Å². The van der Waals surface area contributed by atoms with Crippen LogP contribution in [0.3, 0.4) is 0 Å². The molecule has 0 fully saturated rings. The predicted molar refractivity (Wildman–Crippen MR) is 170 cm³/mol. The molecular formula is C38H35NO5. The van der Waals surface area contributed by atoms with E-state index in [4.69, 9.17) is 14.2 Å². The maximum Gasteiger partial charge on any atom is 0.345 e. The fourth-order valence-corrected chi connectivity index (χ4v) is 5.41. The fourth-order valence-electron chi connectivity index (χ4n) is 5.41. The van der Waals surface area contributed by atoms with E-state index in [1.54, 1.807) is 43.0 Å². The lowest BCUT2D eigenvalue weighted by Gasteiger charge is -2.32. The lowest BCUT2D eigenvalue weighted by atomic mass is 10.0. The van der Waals surface area contributed by atoms with Gasteiger partial charge in [-0.2, -0.15) is 0 Å². The number of carbonyl (C=O) groups is 2. The molecule has 0 radical (unpaired) electrons. The molecule has 6 rings (SSSR count). The van der Waals surface area contributed by atoms with Crippen LogP contribution in [-0.2, 0) is 24.1 Å². The van der Waals surface area contributed by atoms with Gasteiger partial charge in [0.05, 0.1) is 13.2 Å². The quantitative estimate of drug-likeness (QED) is 0.166. The highest BCUT2D eigenvalue weighted by Gasteiger charge is 2.34. The minimum absolute atomic E-state index is 0.184. The molecule has 0 spiro atoms. The van der Waals surface area contributed by atoms with Crippen LogP contribution in [0, 0.1) is 11.8 Å². The topological polar surface area (TPSA) is 65.1 Å². The summed E-state index contributed by atoms with van der Waals surface area (Å²) in [6.45, 7) is 6.48. The number of benzene rings is 4. The summed E-state index contributed by atoms with van der Waals surface area (Å²) in [5.74, 6) is 6.00. The van der Waals surface area contributed by atoms with Crippen LogP contribution in [0.15, 0.2) is 84.9 Å². The number of fused-ring (bicyclic) bond motifs is 2. The third-order valence-electron chi connectivity index (χ3n) is 7.79. The standard InChI is InChI=1S/C38H35NO5/c1-4-5-6-26-7-9-27(10-8-26)11-12-28-13-15-29(16-14-28)25-39(36(40)31-17-19-34-30(23-31)21-22-42-34)32-18-20-35-33(24-32)37(41)44-38(2,3)43-35/h7-10,13-20,23-24H,4-6,21-22,25H2,1-3H3. The van der Waals surface area contributed by atoms with E-state index < -0.39 is 11.8 Å². The Labute approximate surface area is 258 Å². The molecule has 4 aromatic carbocycles. The van der Waals surface area contributed by atoms with Crippen LogP contribution >= 0.6 is 0 Å². The number of aryl methyl sites for hydroxylation is 1. The smallest absolute Gasteiger partial charge is 0.345 e. The first kappa shape index (κ1) is 29.1. The first-order valence-corrected chi connectivity index (χ1v) is 15.1. The van der Waals surface area contributed by atoms with E-state index in [0.29, 0.717) is 30.2 Å². The molecule has 0 saturated heterocycles. The van der Waals surface area contributed by atoms with Crippen molar-refractivity contribution in [3.63, 3.8) is 0 Å². The molecule has 222 valence electrons. The first-order chi connectivity index (χ1) is 21.3. The molecule has 0 N–H and O–H groups in total. The minimum Gasteiger partial charge on any atom is -0.493 e. The number of ether oxygens (including phenoxy) is 3. The van der Waals surface area contributed by atoms with E-state index in [9.17, 15) is 9.59 Å². The summed E-state index contributed by atoms with van der Waals surface area (Å²) in [4.78, 5) is 28.5. The molecule has 6 heteroatoms. The van der Waals surface area contributed by atoms with Gasteiger partial charge in [-0.1, -0.05) is 49.5 Å². The van der Waals surface area contributed by atoms with E-state index in [1.807, 2.05) is 36.4 Å². The third kappa shape index (κ3) is 6.48. The fraction of sp³-hybridized carbons (Fsp3) is 0.263. The molecule has 0 saturated carbocycles. The molecule has 4 aromatic rings. The Kier molecular flexibility index (Phi) is 8.13. The van der Waals surface area contributed by atoms with Gasteiger partial charge in [-0.05, 0) is 90.2 Å². The second-order valence-electron chi connectivity index (χ2n) is 11.6. The van der Waals surface area contributed by atoms with Gasteiger partial charge >= 0.3 is 5.97 Å². The Morgan fingerprint density at radius 1 is 0.841 bits per heavy atom. The second kappa shape index (κ2) is 12.3. The van der Waals surface area contributed by atoms with Crippen molar-refractivity contribution in [3.05, 3.63) is 124 Å². The van der Waals surface area contributed by atoms with Gasteiger partial charge in [0.2, 0.25) is 5.79 Å². The number of amides is 1.